The standard InChI is InChI=1S/C19H30N2O5S/c1-4-12-27(23,24)21-11-5-6-16(14-21)19(22)20-10-9-15-7-8-17(25-2)18(13-15)26-3/h7-8,13,16H,4-6,9-12,14H2,1-3H3,(H,20,22)/t16-/m1/s1. The summed E-state index contributed by atoms with van der Waals surface area (Å²) in [5, 5.41) is 2.94. The van der Waals surface area contributed by atoms with Crippen LogP contribution in [0.3, 0.4) is 0 Å². The zero-order valence-electron chi connectivity index (χ0n) is 16.4. The first kappa shape index (κ1) is 21.5. The minimum Gasteiger partial charge on any atom is -0.493 e. The van der Waals surface area contributed by atoms with Gasteiger partial charge in [-0.05, 0) is 43.4 Å². The Bertz CT molecular complexity index is 736. The fourth-order valence-electron chi connectivity index (χ4n) is 3.31. The number of nitrogens with one attached hydrogen (secondary N) is 1. The smallest absolute Gasteiger partial charge is 0.224 e. The molecule has 1 aromatic carbocycles. The number of piperidine rings is 1. The highest BCUT2D eigenvalue weighted by Gasteiger charge is 2.31. The number of hydrogen-bond donors (Lipinski definition) is 1. The first-order valence-corrected chi connectivity index (χ1v) is 11.0. The Morgan fingerprint density at radius 1 is 1.26 bits per heavy atom. The minimum absolute atomic E-state index is 0.0770. The lowest BCUT2D eigenvalue weighted by molar-refractivity contribution is -0.126. The number of sulfonamides is 1. The highest BCUT2D eigenvalue weighted by molar-refractivity contribution is 7.89. The van der Waals surface area contributed by atoms with E-state index in [9.17, 15) is 13.2 Å². The van der Waals surface area contributed by atoms with Crippen molar-refractivity contribution in [3.63, 3.8) is 0 Å². The van der Waals surface area contributed by atoms with Gasteiger partial charge in [-0.1, -0.05) is 13.0 Å². The summed E-state index contributed by atoms with van der Waals surface area (Å²) in [7, 11) is -0.0728. The van der Waals surface area contributed by atoms with Gasteiger partial charge in [-0.25, -0.2) is 12.7 Å². The van der Waals surface area contributed by atoms with Crippen molar-refractivity contribution < 1.29 is 22.7 Å². The van der Waals surface area contributed by atoms with Crippen LogP contribution >= 0.6 is 0 Å². The second-order valence-electron chi connectivity index (χ2n) is 6.74. The molecule has 1 fully saturated rings. The lowest BCUT2D eigenvalue weighted by Crippen LogP contribution is -2.46. The summed E-state index contributed by atoms with van der Waals surface area (Å²) in [5.74, 6) is 1.11. The molecule has 1 atom stereocenters. The molecule has 0 saturated carbocycles. The molecule has 0 bridgehead atoms. The van der Waals surface area contributed by atoms with Crippen LogP contribution in [0, 0.1) is 5.92 Å². The average Bonchev–Trinajstić information content (AvgIpc) is 2.67. The third-order valence-corrected chi connectivity index (χ3v) is 6.81. The van der Waals surface area contributed by atoms with Gasteiger partial charge < -0.3 is 14.8 Å². The van der Waals surface area contributed by atoms with Crippen molar-refractivity contribution in [2.75, 3.05) is 39.6 Å². The van der Waals surface area contributed by atoms with Gasteiger partial charge in [0.25, 0.3) is 0 Å². The van der Waals surface area contributed by atoms with Crippen molar-refractivity contribution in [2.24, 2.45) is 5.92 Å². The van der Waals surface area contributed by atoms with Crippen LogP contribution in [0.2, 0.25) is 0 Å². The average molecular weight is 399 g/mol. The summed E-state index contributed by atoms with van der Waals surface area (Å²) in [6.07, 6.45) is 2.69. The maximum Gasteiger partial charge on any atom is 0.224 e. The number of methoxy groups -OCH3 is 2. The third kappa shape index (κ3) is 5.84. The number of rotatable bonds is 9. The molecule has 2 rings (SSSR count). The molecule has 1 aliphatic rings. The molecule has 8 heteroatoms. The first-order chi connectivity index (χ1) is 12.9. The van der Waals surface area contributed by atoms with E-state index in [1.165, 1.54) is 4.31 Å². The maximum absolute atomic E-state index is 12.5. The molecule has 0 unspecified atom stereocenters. The van der Waals surface area contributed by atoms with E-state index in [0.717, 1.165) is 18.4 Å². The Morgan fingerprint density at radius 3 is 2.67 bits per heavy atom. The van der Waals surface area contributed by atoms with Gasteiger partial charge in [0.2, 0.25) is 15.9 Å². The lowest BCUT2D eigenvalue weighted by atomic mass is 9.99. The predicted octanol–water partition coefficient (Wildman–Crippen LogP) is 1.81. The number of nitrogens with zero attached hydrogens (tertiary/aromatic N) is 1. The Morgan fingerprint density at radius 2 is 2.00 bits per heavy atom. The third-order valence-electron chi connectivity index (χ3n) is 4.77. The Labute approximate surface area is 162 Å². The van der Waals surface area contributed by atoms with Gasteiger partial charge in [-0.15, -0.1) is 0 Å². The number of ether oxygens (including phenoxy) is 2. The number of amides is 1. The van der Waals surface area contributed by atoms with Gasteiger partial charge in [0, 0.05) is 19.6 Å². The fourth-order valence-corrected chi connectivity index (χ4v) is 4.90. The van der Waals surface area contributed by atoms with Crippen LogP contribution in [-0.4, -0.2) is 58.2 Å². The van der Waals surface area contributed by atoms with Gasteiger partial charge in [0.15, 0.2) is 11.5 Å². The van der Waals surface area contributed by atoms with Crippen molar-refractivity contribution in [3.8, 4) is 11.5 Å². The quantitative estimate of drug-likeness (QED) is 0.686. The van der Waals surface area contributed by atoms with E-state index in [-0.39, 0.29) is 24.1 Å². The summed E-state index contributed by atoms with van der Waals surface area (Å²) >= 11 is 0. The Kier molecular flexibility index (Phi) is 7.91. The van der Waals surface area contributed by atoms with Crippen molar-refractivity contribution in [3.05, 3.63) is 23.8 Å². The van der Waals surface area contributed by atoms with Crippen LogP contribution in [0.5, 0.6) is 11.5 Å². The summed E-state index contributed by atoms with van der Waals surface area (Å²) in [6, 6.07) is 5.67. The van der Waals surface area contributed by atoms with E-state index in [4.69, 9.17) is 9.47 Å². The summed E-state index contributed by atoms with van der Waals surface area (Å²) in [4.78, 5) is 12.5. The van der Waals surface area contributed by atoms with Crippen LogP contribution in [0.1, 0.15) is 31.7 Å². The van der Waals surface area contributed by atoms with Crippen LogP contribution in [-0.2, 0) is 21.2 Å². The maximum atomic E-state index is 12.5. The van der Waals surface area contributed by atoms with Gasteiger partial charge in [-0.3, -0.25) is 4.79 Å². The van der Waals surface area contributed by atoms with E-state index in [2.05, 4.69) is 5.32 Å². The Balaban J connectivity index is 1.87. The first-order valence-electron chi connectivity index (χ1n) is 9.37. The highest BCUT2D eigenvalue weighted by atomic mass is 32.2. The molecule has 1 N–H and O–H groups in total. The molecule has 27 heavy (non-hydrogen) atoms. The van der Waals surface area contributed by atoms with Crippen LogP contribution in [0.15, 0.2) is 18.2 Å². The zero-order chi connectivity index (χ0) is 19.9. The molecule has 0 spiro atoms. The molecule has 1 aromatic rings. The monoisotopic (exact) mass is 398 g/mol. The molecule has 1 aliphatic heterocycles. The number of hydrogen-bond acceptors (Lipinski definition) is 5. The molecule has 7 nitrogen and oxygen atoms in total. The molecule has 1 heterocycles. The van der Waals surface area contributed by atoms with E-state index in [1.807, 2.05) is 25.1 Å². The van der Waals surface area contributed by atoms with E-state index < -0.39 is 10.0 Å². The SMILES string of the molecule is CCCS(=O)(=O)N1CCC[C@@H](C(=O)NCCc2ccc(OC)c(OC)c2)C1. The molecule has 0 radical (unpaired) electrons. The van der Waals surface area contributed by atoms with Crippen molar-refractivity contribution in [2.45, 2.75) is 32.6 Å². The van der Waals surface area contributed by atoms with Crippen LogP contribution in [0.4, 0.5) is 0 Å². The molecule has 0 aromatic heterocycles. The predicted molar refractivity (Wildman–Crippen MR) is 105 cm³/mol. The largest absolute Gasteiger partial charge is 0.493 e. The van der Waals surface area contributed by atoms with Gasteiger partial charge >= 0.3 is 0 Å². The second-order valence-corrected chi connectivity index (χ2v) is 8.83. The molecule has 1 amide bonds. The van der Waals surface area contributed by atoms with Crippen molar-refractivity contribution in [1.82, 2.24) is 9.62 Å². The minimum atomic E-state index is -3.25. The summed E-state index contributed by atoms with van der Waals surface area (Å²) in [6.45, 7) is 3.13. The number of carbonyl (C=O) groups excluding carboxylic acids is 1. The zero-order valence-corrected chi connectivity index (χ0v) is 17.2. The molecular weight excluding hydrogens is 368 g/mol. The molecule has 0 aliphatic carbocycles. The fraction of sp³-hybridized carbons (Fsp3) is 0.632. The van der Waals surface area contributed by atoms with Gasteiger partial charge in [0.1, 0.15) is 0 Å². The van der Waals surface area contributed by atoms with E-state index in [1.54, 1.807) is 14.2 Å². The van der Waals surface area contributed by atoms with E-state index >= 15 is 0 Å². The normalized spacial score (nSPS) is 18.1. The van der Waals surface area contributed by atoms with Crippen LogP contribution in [0.25, 0.3) is 0 Å². The topological polar surface area (TPSA) is 84.9 Å². The van der Waals surface area contributed by atoms with Gasteiger partial charge in [0.05, 0.1) is 25.9 Å². The number of carbonyl (C=O) groups is 1. The summed E-state index contributed by atoms with van der Waals surface area (Å²) < 4.78 is 36.5. The molecular formula is C19H30N2O5S. The highest BCUT2D eigenvalue weighted by Crippen LogP contribution is 2.27. The van der Waals surface area contributed by atoms with Gasteiger partial charge in [-0.2, -0.15) is 0 Å². The van der Waals surface area contributed by atoms with Crippen molar-refractivity contribution in [1.29, 1.82) is 0 Å². The van der Waals surface area contributed by atoms with Crippen molar-refractivity contribution >= 4 is 15.9 Å². The van der Waals surface area contributed by atoms with Crippen LogP contribution < -0.4 is 14.8 Å². The summed E-state index contributed by atoms with van der Waals surface area (Å²) in [5.41, 5.74) is 1.03. The van der Waals surface area contributed by atoms with E-state index in [0.29, 0.717) is 37.4 Å². The Hall–Kier alpha value is -1.80. The second kappa shape index (κ2) is 9.94. The number of benzene rings is 1. The molecule has 1 saturated heterocycles. The lowest BCUT2D eigenvalue weighted by Gasteiger charge is -2.31. The molecule has 152 valence electrons.